The van der Waals surface area contributed by atoms with Crippen LogP contribution in [0.4, 0.5) is 0 Å². The van der Waals surface area contributed by atoms with Crippen molar-refractivity contribution in [2.75, 3.05) is 26.7 Å². The first-order chi connectivity index (χ1) is 11.9. The van der Waals surface area contributed by atoms with Crippen LogP contribution in [-0.4, -0.2) is 43.4 Å². The smallest absolute Gasteiger partial charge is 0.226 e. The molecular weight excluding hydrogens is 338 g/mol. The van der Waals surface area contributed by atoms with Gasteiger partial charge in [0.2, 0.25) is 11.8 Å². The van der Waals surface area contributed by atoms with Gasteiger partial charge in [-0.2, -0.15) is 0 Å². The Morgan fingerprint density at radius 2 is 2.12 bits per heavy atom. The fourth-order valence-corrected chi connectivity index (χ4v) is 4.09. The van der Waals surface area contributed by atoms with E-state index >= 15 is 0 Å². The highest BCUT2D eigenvalue weighted by atomic mass is 35.5. The predicted molar refractivity (Wildman–Crippen MR) is 98.3 cm³/mol. The highest BCUT2D eigenvalue weighted by Crippen LogP contribution is 2.38. The van der Waals surface area contributed by atoms with Crippen molar-refractivity contribution in [2.24, 2.45) is 11.3 Å². The molecule has 0 aromatic heterocycles. The Morgan fingerprint density at radius 1 is 1.40 bits per heavy atom. The molecule has 0 spiro atoms. The van der Waals surface area contributed by atoms with E-state index in [-0.39, 0.29) is 35.6 Å². The lowest BCUT2D eigenvalue weighted by atomic mass is 9.81. The van der Waals surface area contributed by atoms with Gasteiger partial charge in [-0.1, -0.05) is 30.7 Å². The summed E-state index contributed by atoms with van der Waals surface area (Å²) in [6.45, 7) is 4.85. The van der Waals surface area contributed by atoms with Crippen LogP contribution in [0.1, 0.15) is 37.8 Å². The largest absolute Gasteiger partial charge is 0.355 e. The van der Waals surface area contributed by atoms with Gasteiger partial charge in [0.15, 0.2) is 0 Å². The van der Waals surface area contributed by atoms with E-state index in [0.717, 1.165) is 31.5 Å². The number of amides is 2. The molecule has 0 radical (unpaired) electrons. The number of rotatable bonds is 4. The molecule has 6 heteroatoms. The first kappa shape index (κ1) is 18.2. The summed E-state index contributed by atoms with van der Waals surface area (Å²) in [6, 6.07) is 7.18. The number of hydrogen-bond donors (Lipinski definition) is 2. The molecule has 2 aliphatic heterocycles. The molecule has 2 heterocycles. The summed E-state index contributed by atoms with van der Waals surface area (Å²) in [7, 11) is 1.76. The van der Waals surface area contributed by atoms with E-state index in [1.807, 2.05) is 18.2 Å². The minimum atomic E-state index is -0.374. The first-order valence-corrected chi connectivity index (χ1v) is 9.27. The molecule has 3 rings (SSSR count). The molecule has 0 bridgehead atoms. The van der Waals surface area contributed by atoms with Gasteiger partial charge in [0.25, 0.3) is 0 Å². The van der Waals surface area contributed by atoms with Crippen molar-refractivity contribution >= 4 is 23.4 Å². The topological polar surface area (TPSA) is 61.4 Å². The van der Waals surface area contributed by atoms with Gasteiger partial charge in [-0.25, -0.2) is 0 Å². The van der Waals surface area contributed by atoms with Gasteiger partial charge < -0.3 is 15.5 Å². The van der Waals surface area contributed by atoms with Crippen LogP contribution in [0.25, 0.3) is 0 Å². The third kappa shape index (κ3) is 3.98. The SMILES string of the molecule is CN1C(=O)CC(C(=O)NCC2(C)CCNCC2)C1c1cccc(Cl)c1. The number of nitrogens with zero attached hydrogens (tertiary/aromatic N) is 1. The van der Waals surface area contributed by atoms with E-state index in [1.54, 1.807) is 18.0 Å². The van der Waals surface area contributed by atoms with E-state index in [2.05, 4.69) is 17.6 Å². The maximum Gasteiger partial charge on any atom is 0.226 e. The fourth-order valence-electron chi connectivity index (χ4n) is 3.89. The average molecular weight is 364 g/mol. The van der Waals surface area contributed by atoms with Gasteiger partial charge in [0, 0.05) is 25.0 Å². The molecule has 2 unspecified atom stereocenters. The van der Waals surface area contributed by atoms with Gasteiger partial charge in [-0.15, -0.1) is 0 Å². The number of nitrogens with one attached hydrogen (secondary N) is 2. The summed E-state index contributed by atoms with van der Waals surface area (Å²) in [6.07, 6.45) is 2.35. The zero-order valence-electron chi connectivity index (χ0n) is 14.8. The number of hydrogen-bond acceptors (Lipinski definition) is 3. The van der Waals surface area contributed by atoms with Crippen LogP contribution < -0.4 is 10.6 Å². The summed E-state index contributed by atoms with van der Waals surface area (Å²) < 4.78 is 0. The zero-order chi connectivity index (χ0) is 18.0. The van der Waals surface area contributed by atoms with Crippen LogP contribution >= 0.6 is 11.6 Å². The van der Waals surface area contributed by atoms with Crippen molar-refractivity contribution < 1.29 is 9.59 Å². The predicted octanol–water partition coefficient (Wildman–Crippen LogP) is 2.37. The summed E-state index contributed by atoms with van der Waals surface area (Å²) in [5, 5.41) is 7.08. The van der Waals surface area contributed by atoms with Gasteiger partial charge in [-0.05, 0) is 49.0 Å². The number of carbonyl (C=O) groups excluding carboxylic acids is 2. The Kier molecular flexibility index (Phi) is 5.35. The minimum Gasteiger partial charge on any atom is -0.355 e. The van der Waals surface area contributed by atoms with E-state index in [1.165, 1.54) is 0 Å². The van der Waals surface area contributed by atoms with Gasteiger partial charge in [0.1, 0.15) is 0 Å². The Hall–Kier alpha value is -1.59. The molecule has 0 aliphatic carbocycles. The summed E-state index contributed by atoms with van der Waals surface area (Å²) in [5.74, 6) is -0.415. The molecule has 5 nitrogen and oxygen atoms in total. The normalized spacial score (nSPS) is 25.9. The maximum atomic E-state index is 12.9. The second-order valence-electron chi connectivity index (χ2n) is 7.59. The van der Waals surface area contributed by atoms with E-state index in [4.69, 9.17) is 11.6 Å². The number of piperidine rings is 1. The standard InChI is InChI=1S/C19H26ClN3O2/c1-19(6-8-21-9-7-19)12-22-18(25)15-11-16(24)23(2)17(15)13-4-3-5-14(20)10-13/h3-5,10,15,17,21H,6-9,11-12H2,1-2H3,(H,22,25). The zero-order valence-corrected chi connectivity index (χ0v) is 15.6. The molecule has 2 saturated heterocycles. The lowest BCUT2D eigenvalue weighted by Crippen LogP contribution is -2.44. The number of halogens is 1. The second kappa shape index (κ2) is 7.34. The number of benzene rings is 1. The highest BCUT2D eigenvalue weighted by molar-refractivity contribution is 6.30. The average Bonchev–Trinajstić information content (AvgIpc) is 2.89. The van der Waals surface area contributed by atoms with E-state index in [9.17, 15) is 9.59 Å². The molecule has 2 amide bonds. The Balaban J connectivity index is 1.72. The summed E-state index contributed by atoms with van der Waals surface area (Å²) in [4.78, 5) is 26.8. The van der Waals surface area contributed by atoms with Gasteiger partial charge in [0.05, 0.1) is 12.0 Å². The summed E-state index contributed by atoms with van der Waals surface area (Å²) in [5.41, 5.74) is 1.04. The van der Waals surface area contributed by atoms with Crippen molar-refractivity contribution in [1.29, 1.82) is 0 Å². The lowest BCUT2D eigenvalue weighted by Gasteiger charge is -2.34. The van der Waals surface area contributed by atoms with Crippen LogP contribution in [-0.2, 0) is 9.59 Å². The molecule has 1 aromatic rings. The van der Waals surface area contributed by atoms with Crippen LogP contribution in [0.5, 0.6) is 0 Å². The highest BCUT2D eigenvalue weighted by Gasteiger charge is 2.43. The number of likely N-dealkylation sites (tertiary alicyclic amines) is 1. The molecule has 2 atom stereocenters. The number of carbonyl (C=O) groups is 2. The molecular formula is C19H26ClN3O2. The van der Waals surface area contributed by atoms with E-state index < -0.39 is 0 Å². The van der Waals surface area contributed by atoms with E-state index in [0.29, 0.717) is 11.6 Å². The molecule has 1 aromatic carbocycles. The van der Waals surface area contributed by atoms with Crippen molar-refractivity contribution in [1.82, 2.24) is 15.5 Å². The molecule has 0 saturated carbocycles. The molecule has 2 fully saturated rings. The van der Waals surface area contributed by atoms with Crippen molar-refractivity contribution in [3.63, 3.8) is 0 Å². The Bertz CT molecular complexity index is 658. The minimum absolute atomic E-state index is 0.00166. The monoisotopic (exact) mass is 363 g/mol. The van der Waals surface area contributed by atoms with Crippen molar-refractivity contribution in [3.05, 3.63) is 34.9 Å². The first-order valence-electron chi connectivity index (χ1n) is 8.89. The van der Waals surface area contributed by atoms with Gasteiger partial charge >= 0.3 is 0 Å². The quantitative estimate of drug-likeness (QED) is 0.863. The molecule has 136 valence electrons. The Morgan fingerprint density at radius 3 is 2.80 bits per heavy atom. The lowest BCUT2D eigenvalue weighted by molar-refractivity contribution is -0.128. The second-order valence-corrected chi connectivity index (χ2v) is 8.03. The third-order valence-electron chi connectivity index (χ3n) is 5.61. The van der Waals surface area contributed by atoms with Crippen LogP contribution in [0.2, 0.25) is 5.02 Å². The van der Waals surface area contributed by atoms with Crippen LogP contribution in [0, 0.1) is 11.3 Å². The Labute approximate surface area is 154 Å². The van der Waals surface area contributed by atoms with Crippen LogP contribution in [0.15, 0.2) is 24.3 Å². The molecule has 2 aliphatic rings. The van der Waals surface area contributed by atoms with Gasteiger partial charge in [-0.3, -0.25) is 9.59 Å². The fraction of sp³-hybridized carbons (Fsp3) is 0.579. The van der Waals surface area contributed by atoms with Crippen molar-refractivity contribution in [2.45, 2.75) is 32.2 Å². The molecule has 25 heavy (non-hydrogen) atoms. The third-order valence-corrected chi connectivity index (χ3v) is 5.85. The summed E-state index contributed by atoms with van der Waals surface area (Å²) >= 11 is 6.11. The molecule has 2 N–H and O–H groups in total. The maximum absolute atomic E-state index is 12.9. The van der Waals surface area contributed by atoms with Crippen LogP contribution in [0.3, 0.4) is 0 Å². The van der Waals surface area contributed by atoms with Crippen molar-refractivity contribution in [3.8, 4) is 0 Å².